The highest BCUT2D eigenvalue weighted by molar-refractivity contribution is 6.33. The van der Waals surface area contributed by atoms with Gasteiger partial charge >= 0.3 is 12.1 Å². The standard InChI is InChI=1S/C17H24ClN3O3.C16H22ClN3O3/c18-15-5-1-4-14(11-15)12-19-17(23)21-9-7-13(8-10-21)3-2-6-16(22)20-24;17-13-5-1-2-6-14(13)18-16(22)20-10-8-12(9-11-20)4-3-7-15(21)19-23/h1,4-5,11,13,24H,2-3,6-10,12H2,(H,19,23)(H,20,22);1-2,5-6,12,23H,3-4,7-11H2,(H,18,22)(H,19,21). The van der Waals surface area contributed by atoms with Crippen LogP contribution in [0.2, 0.25) is 10.0 Å². The van der Waals surface area contributed by atoms with E-state index in [4.69, 9.17) is 33.6 Å². The maximum atomic E-state index is 12.2. The number of hydrogen-bond donors (Lipinski definition) is 6. The SMILES string of the molecule is O=C(CCCC1CCN(C(=O)NCc2cccc(Cl)c2)CC1)NO.O=C(CCCC1CCN(C(=O)Nc2ccccc2Cl)CC1)NO. The Kier molecular flexibility index (Phi) is 16.6. The van der Waals surface area contributed by atoms with Gasteiger partial charge in [-0.2, -0.15) is 0 Å². The van der Waals surface area contributed by atoms with Crippen molar-refractivity contribution in [3.8, 4) is 0 Å². The zero-order chi connectivity index (χ0) is 34.0. The van der Waals surface area contributed by atoms with Gasteiger partial charge in [0.25, 0.3) is 0 Å². The summed E-state index contributed by atoms with van der Waals surface area (Å²) in [5, 5.41) is 23.9. The summed E-state index contributed by atoms with van der Waals surface area (Å²) in [5.41, 5.74) is 4.89. The van der Waals surface area contributed by atoms with Gasteiger partial charge in [0.05, 0.1) is 10.7 Å². The average molecular weight is 694 g/mol. The van der Waals surface area contributed by atoms with Crippen LogP contribution in [0.1, 0.15) is 69.8 Å². The number of nitrogens with zero attached hydrogens (tertiary/aromatic N) is 2. The van der Waals surface area contributed by atoms with Crippen LogP contribution in [-0.2, 0) is 16.1 Å². The summed E-state index contributed by atoms with van der Waals surface area (Å²) in [6, 6.07) is 14.4. The number of hydrogen-bond acceptors (Lipinski definition) is 6. The Morgan fingerprint density at radius 3 is 1.77 bits per heavy atom. The first-order chi connectivity index (χ1) is 22.7. The Labute approximate surface area is 286 Å². The molecule has 0 radical (unpaired) electrons. The molecule has 6 N–H and O–H groups in total. The molecule has 2 heterocycles. The second kappa shape index (κ2) is 20.6. The van der Waals surface area contributed by atoms with Crippen molar-refractivity contribution in [2.24, 2.45) is 11.8 Å². The molecule has 2 saturated heterocycles. The molecule has 2 aromatic rings. The molecule has 12 nitrogen and oxygen atoms in total. The summed E-state index contributed by atoms with van der Waals surface area (Å²) in [5.74, 6) is 0.369. The number of carbonyl (C=O) groups is 4. The van der Waals surface area contributed by atoms with Crippen molar-refractivity contribution in [1.29, 1.82) is 0 Å². The molecule has 0 atom stereocenters. The Bertz CT molecular complexity index is 1300. The zero-order valence-electron chi connectivity index (χ0n) is 26.6. The molecule has 2 aliphatic heterocycles. The number of carbonyl (C=O) groups excluding carboxylic acids is 4. The monoisotopic (exact) mass is 692 g/mol. The number of rotatable bonds is 11. The van der Waals surface area contributed by atoms with Gasteiger partial charge in [-0.3, -0.25) is 20.0 Å². The van der Waals surface area contributed by atoms with Gasteiger partial charge < -0.3 is 20.4 Å². The lowest BCUT2D eigenvalue weighted by Crippen LogP contribution is -2.44. The van der Waals surface area contributed by atoms with Gasteiger partial charge in [0, 0.05) is 50.6 Å². The van der Waals surface area contributed by atoms with E-state index in [-0.39, 0.29) is 23.9 Å². The topological polar surface area (TPSA) is 163 Å². The number of anilines is 1. The molecule has 0 bridgehead atoms. The minimum Gasteiger partial charge on any atom is -0.334 e. The summed E-state index contributed by atoms with van der Waals surface area (Å²) >= 11 is 12.0. The van der Waals surface area contributed by atoms with Crippen LogP contribution in [0.15, 0.2) is 48.5 Å². The first kappa shape index (κ1) is 37.9. The third-order valence-corrected chi connectivity index (χ3v) is 9.10. The fourth-order valence-corrected chi connectivity index (χ4v) is 6.15. The molecule has 14 heteroatoms. The molecular weight excluding hydrogens is 647 g/mol. The molecule has 0 saturated carbocycles. The molecule has 6 amide bonds. The van der Waals surface area contributed by atoms with E-state index < -0.39 is 0 Å². The molecule has 0 spiro atoms. The molecule has 0 aliphatic carbocycles. The van der Waals surface area contributed by atoms with Gasteiger partial charge in [-0.25, -0.2) is 20.5 Å². The maximum absolute atomic E-state index is 12.2. The van der Waals surface area contributed by atoms with Crippen molar-refractivity contribution in [1.82, 2.24) is 26.1 Å². The predicted molar refractivity (Wildman–Crippen MR) is 180 cm³/mol. The molecule has 2 fully saturated rings. The zero-order valence-corrected chi connectivity index (χ0v) is 28.1. The summed E-state index contributed by atoms with van der Waals surface area (Å²) in [6.07, 6.45) is 7.84. The van der Waals surface area contributed by atoms with Crippen LogP contribution < -0.4 is 21.6 Å². The summed E-state index contributed by atoms with van der Waals surface area (Å²) in [4.78, 5) is 50.0. The Hall–Kier alpha value is -3.58. The number of hydroxylamine groups is 2. The molecule has 47 heavy (non-hydrogen) atoms. The van der Waals surface area contributed by atoms with Crippen LogP contribution >= 0.6 is 23.2 Å². The van der Waals surface area contributed by atoms with Crippen LogP contribution in [0.5, 0.6) is 0 Å². The van der Waals surface area contributed by atoms with E-state index in [2.05, 4.69) is 10.6 Å². The smallest absolute Gasteiger partial charge is 0.321 e. The van der Waals surface area contributed by atoms with E-state index in [1.807, 2.05) is 41.3 Å². The molecule has 258 valence electrons. The van der Waals surface area contributed by atoms with E-state index in [1.165, 1.54) is 0 Å². The maximum Gasteiger partial charge on any atom is 0.321 e. The van der Waals surface area contributed by atoms with Gasteiger partial charge in [0.15, 0.2) is 0 Å². The fourth-order valence-electron chi connectivity index (χ4n) is 5.76. The largest absolute Gasteiger partial charge is 0.334 e. The van der Waals surface area contributed by atoms with E-state index >= 15 is 0 Å². The Morgan fingerprint density at radius 2 is 1.26 bits per heavy atom. The molecule has 2 aromatic carbocycles. The van der Waals surface area contributed by atoms with Crippen LogP contribution in [-0.4, -0.2) is 70.3 Å². The number of nitrogens with one attached hydrogen (secondary N) is 4. The number of amides is 6. The second-order valence-corrected chi connectivity index (χ2v) is 12.8. The van der Waals surface area contributed by atoms with Crippen molar-refractivity contribution in [3.63, 3.8) is 0 Å². The number of halogens is 2. The number of piperidine rings is 2. The van der Waals surface area contributed by atoms with Crippen LogP contribution in [0, 0.1) is 11.8 Å². The van der Waals surface area contributed by atoms with Gasteiger partial charge in [0.1, 0.15) is 0 Å². The van der Waals surface area contributed by atoms with E-state index in [1.54, 1.807) is 28.0 Å². The van der Waals surface area contributed by atoms with E-state index in [0.29, 0.717) is 60.0 Å². The van der Waals surface area contributed by atoms with Gasteiger partial charge in [-0.05, 0) is 93.0 Å². The molecule has 2 aliphatic rings. The number of likely N-dealkylation sites (tertiary alicyclic amines) is 2. The highest BCUT2D eigenvalue weighted by atomic mass is 35.5. The second-order valence-electron chi connectivity index (χ2n) is 11.9. The van der Waals surface area contributed by atoms with E-state index in [0.717, 1.165) is 70.0 Å². The van der Waals surface area contributed by atoms with Gasteiger partial charge in [0.2, 0.25) is 11.8 Å². The predicted octanol–water partition coefficient (Wildman–Crippen LogP) is 6.20. The first-order valence-corrected chi connectivity index (χ1v) is 16.9. The fraction of sp³-hybridized carbons (Fsp3) is 0.515. The van der Waals surface area contributed by atoms with Crippen molar-refractivity contribution in [2.75, 3.05) is 31.5 Å². The molecular formula is C33H46Cl2N6O6. The minimum atomic E-state index is -0.346. The third-order valence-electron chi connectivity index (χ3n) is 8.53. The van der Waals surface area contributed by atoms with Crippen molar-refractivity contribution in [3.05, 3.63) is 64.1 Å². The minimum absolute atomic E-state index is 0.0481. The van der Waals surface area contributed by atoms with Gasteiger partial charge in [-0.15, -0.1) is 0 Å². The van der Waals surface area contributed by atoms with Crippen molar-refractivity contribution < 1.29 is 29.6 Å². The molecule has 4 rings (SSSR count). The number of urea groups is 2. The normalized spacial score (nSPS) is 15.2. The number of para-hydroxylation sites is 1. The van der Waals surface area contributed by atoms with Crippen LogP contribution in [0.4, 0.5) is 15.3 Å². The first-order valence-electron chi connectivity index (χ1n) is 16.1. The molecule has 0 aromatic heterocycles. The highest BCUT2D eigenvalue weighted by Crippen LogP contribution is 2.25. The summed E-state index contributed by atoms with van der Waals surface area (Å²) in [6.45, 7) is 3.34. The Balaban J connectivity index is 0.000000256. The van der Waals surface area contributed by atoms with Crippen LogP contribution in [0.3, 0.4) is 0 Å². The lowest BCUT2D eigenvalue weighted by Gasteiger charge is -2.32. The van der Waals surface area contributed by atoms with Crippen molar-refractivity contribution >= 4 is 52.8 Å². The quantitative estimate of drug-likeness (QED) is 0.121. The summed E-state index contributed by atoms with van der Waals surface area (Å²) in [7, 11) is 0. The molecule has 0 unspecified atom stereocenters. The third kappa shape index (κ3) is 14.0. The van der Waals surface area contributed by atoms with Gasteiger partial charge in [-0.1, -0.05) is 47.5 Å². The summed E-state index contributed by atoms with van der Waals surface area (Å²) < 4.78 is 0. The average Bonchev–Trinajstić information content (AvgIpc) is 3.09. The Morgan fingerprint density at radius 1 is 0.723 bits per heavy atom. The highest BCUT2D eigenvalue weighted by Gasteiger charge is 2.24. The van der Waals surface area contributed by atoms with Crippen molar-refractivity contribution in [2.45, 2.75) is 70.8 Å². The van der Waals surface area contributed by atoms with Crippen LogP contribution in [0.25, 0.3) is 0 Å². The lowest BCUT2D eigenvalue weighted by molar-refractivity contribution is -0.130. The lowest BCUT2D eigenvalue weighted by atomic mass is 9.91. The number of benzene rings is 2. The van der Waals surface area contributed by atoms with E-state index in [9.17, 15) is 19.2 Å².